The molecule has 1 radical (unpaired) electrons. The maximum absolute atomic E-state index is 7.38. The van der Waals surface area contributed by atoms with Crippen LogP contribution in [0.25, 0.3) is 16.2 Å². The third-order valence-electron chi connectivity index (χ3n) is 3.28. The second-order valence-corrected chi connectivity index (χ2v) is 5.82. The molecular weight excluding hydrogens is 425 g/mol. The molecule has 26 heavy (non-hydrogen) atoms. The molecule has 6 nitrogen and oxygen atoms in total. The number of anilines is 1. The van der Waals surface area contributed by atoms with Crippen molar-refractivity contribution in [3.8, 4) is 0 Å². The number of nitrogen functional groups attached to an aromatic ring is 1. The maximum atomic E-state index is 7.38. The van der Waals surface area contributed by atoms with Gasteiger partial charge in [-0.25, -0.2) is 9.87 Å². The largest absolute Gasteiger partial charge is 0.679 e. The maximum Gasteiger partial charge on any atom is 0.124 e. The Morgan fingerprint density at radius 2 is 1.96 bits per heavy atom. The minimum absolute atomic E-state index is 0. The Morgan fingerprint density at radius 1 is 1.23 bits per heavy atom. The van der Waals surface area contributed by atoms with Gasteiger partial charge in [-0.1, -0.05) is 23.8 Å². The normalized spacial score (nSPS) is 9.81. The van der Waals surface area contributed by atoms with Gasteiger partial charge in [0, 0.05) is 44.3 Å². The molecule has 0 aliphatic carbocycles. The van der Waals surface area contributed by atoms with Crippen molar-refractivity contribution in [2.75, 3.05) is 18.6 Å². The van der Waals surface area contributed by atoms with Gasteiger partial charge in [0.15, 0.2) is 0 Å². The number of nitrogens with two attached hydrogens (primary N) is 1. The van der Waals surface area contributed by atoms with Gasteiger partial charge in [0.2, 0.25) is 0 Å². The predicted octanol–water partition coefficient (Wildman–Crippen LogP) is 4.63. The molecule has 0 atom stereocenters. The molecule has 2 aromatic heterocycles. The van der Waals surface area contributed by atoms with Crippen LogP contribution in [0.4, 0.5) is 11.5 Å². The SMILES string of the molecule is CCOO.CSc1ncccc1[N-]Cc1ccc2ccc(N)nc2c1.[Y]. The zero-order valence-corrected chi connectivity index (χ0v) is 18.4. The number of aromatic nitrogens is 2. The number of nitrogens with zero attached hydrogens (tertiary/aromatic N) is 3. The van der Waals surface area contributed by atoms with Gasteiger partial charge in [-0.05, 0) is 37.4 Å². The van der Waals surface area contributed by atoms with E-state index < -0.39 is 0 Å². The van der Waals surface area contributed by atoms with Crippen LogP contribution in [0.1, 0.15) is 12.5 Å². The smallest absolute Gasteiger partial charge is 0.124 e. The van der Waals surface area contributed by atoms with E-state index in [1.165, 1.54) is 0 Å². The van der Waals surface area contributed by atoms with Gasteiger partial charge in [-0.3, -0.25) is 10.2 Å². The molecular formula is C18H21N4O2SY-. The van der Waals surface area contributed by atoms with Crippen molar-refractivity contribution in [3.63, 3.8) is 0 Å². The number of hydrogen-bond acceptors (Lipinski definition) is 6. The van der Waals surface area contributed by atoms with Gasteiger partial charge in [0.25, 0.3) is 0 Å². The Hall–Kier alpha value is -1.25. The van der Waals surface area contributed by atoms with E-state index in [4.69, 9.17) is 11.0 Å². The van der Waals surface area contributed by atoms with Gasteiger partial charge >= 0.3 is 0 Å². The van der Waals surface area contributed by atoms with Crippen molar-refractivity contribution < 1.29 is 42.9 Å². The number of hydrogen-bond donors (Lipinski definition) is 2. The Balaban J connectivity index is 0.000000616. The topological polar surface area (TPSA) is 95.4 Å². The summed E-state index contributed by atoms with van der Waals surface area (Å²) < 4.78 is 0. The number of benzene rings is 1. The molecule has 0 saturated carbocycles. The van der Waals surface area contributed by atoms with Gasteiger partial charge < -0.3 is 11.1 Å². The average Bonchev–Trinajstić information content (AvgIpc) is 2.66. The summed E-state index contributed by atoms with van der Waals surface area (Å²) in [5.41, 5.74) is 8.66. The quantitative estimate of drug-likeness (QED) is 0.337. The summed E-state index contributed by atoms with van der Waals surface area (Å²) in [5.74, 6) is 0.536. The Labute approximate surface area is 182 Å². The molecule has 0 bridgehead atoms. The van der Waals surface area contributed by atoms with Crippen LogP contribution in [0.3, 0.4) is 0 Å². The summed E-state index contributed by atoms with van der Waals surface area (Å²) in [4.78, 5) is 12.2. The third kappa shape index (κ3) is 6.81. The minimum atomic E-state index is 0. The van der Waals surface area contributed by atoms with Crippen LogP contribution in [0.5, 0.6) is 0 Å². The van der Waals surface area contributed by atoms with E-state index in [0.29, 0.717) is 19.0 Å². The van der Waals surface area contributed by atoms with Gasteiger partial charge in [-0.2, -0.15) is 0 Å². The summed E-state index contributed by atoms with van der Waals surface area (Å²) in [5, 5.41) is 14.0. The van der Waals surface area contributed by atoms with Gasteiger partial charge in [0.1, 0.15) is 5.82 Å². The van der Waals surface area contributed by atoms with E-state index in [2.05, 4.69) is 26.2 Å². The fraction of sp³-hybridized carbons (Fsp3) is 0.222. The fourth-order valence-corrected chi connectivity index (χ4v) is 2.62. The Kier molecular flexibility index (Phi) is 10.7. The van der Waals surface area contributed by atoms with Crippen molar-refractivity contribution >= 4 is 34.2 Å². The molecule has 3 aromatic rings. The van der Waals surface area contributed by atoms with E-state index in [-0.39, 0.29) is 32.7 Å². The Bertz CT molecular complexity index is 818. The van der Waals surface area contributed by atoms with Crippen LogP contribution in [-0.2, 0) is 44.1 Å². The van der Waals surface area contributed by atoms with Gasteiger partial charge in [-0.15, -0.1) is 24.0 Å². The van der Waals surface area contributed by atoms with Crippen molar-refractivity contribution in [1.82, 2.24) is 9.97 Å². The van der Waals surface area contributed by atoms with Crippen LogP contribution in [0.15, 0.2) is 53.7 Å². The first-order chi connectivity index (χ1) is 12.2. The molecule has 0 fully saturated rings. The summed E-state index contributed by atoms with van der Waals surface area (Å²) in [6.07, 6.45) is 3.79. The monoisotopic (exact) mass is 446 g/mol. The third-order valence-corrected chi connectivity index (χ3v) is 3.98. The summed E-state index contributed by atoms with van der Waals surface area (Å²) in [6, 6.07) is 13.8. The van der Waals surface area contributed by atoms with E-state index in [1.807, 2.05) is 42.7 Å². The van der Waals surface area contributed by atoms with E-state index >= 15 is 0 Å². The molecule has 0 amide bonds. The standard InChI is InChI=1S/C16H15N4S.C2H6O2.Y/c1-21-16-13(3-2-8-18-16)19-10-11-4-5-12-6-7-15(17)20-14(12)9-11;1-2-4-3;/h2-9H,10H2,1H3,(H2,17,20);3H,2H2,1H3;/q-1;;. The number of rotatable bonds is 5. The minimum Gasteiger partial charge on any atom is -0.679 e. The molecule has 0 spiro atoms. The Morgan fingerprint density at radius 3 is 2.65 bits per heavy atom. The molecule has 1 aromatic carbocycles. The molecule has 0 aliphatic rings. The van der Waals surface area contributed by atoms with Crippen LogP contribution in [0, 0.1) is 0 Å². The van der Waals surface area contributed by atoms with Crippen LogP contribution < -0.4 is 5.73 Å². The first-order valence-corrected chi connectivity index (χ1v) is 8.98. The molecule has 0 saturated heterocycles. The summed E-state index contributed by atoms with van der Waals surface area (Å²) >= 11 is 1.60. The van der Waals surface area contributed by atoms with Crippen molar-refractivity contribution in [1.29, 1.82) is 0 Å². The molecule has 0 aliphatic heterocycles. The average molecular weight is 446 g/mol. The van der Waals surface area contributed by atoms with Crippen molar-refractivity contribution in [2.24, 2.45) is 0 Å². The molecule has 0 unspecified atom stereocenters. The number of thioether (sulfide) groups is 1. The molecule has 2 heterocycles. The van der Waals surface area contributed by atoms with Crippen LogP contribution in [0.2, 0.25) is 0 Å². The van der Waals surface area contributed by atoms with Crippen LogP contribution in [-0.4, -0.2) is 28.1 Å². The van der Waals surface area contributed by atoms with E-state index in [0.717, 1.165) is 27.2 Å². The zero-order valence-electron chi connectivity index (χ0n) is 14.8. The molecule has 3 N–H and O–H groups in total. The second kappa shape index (κ2) is 12.2. The number of fused-ring (bicyclic) bond motifs is 1. The summed E-state index contributed by atoms with van der Waals surface area (Å²) in [7, 11) is 0. The fourth-order valence-electron chi connectivity index (χ4n) is 2.11. The molecule has 8 heteroatoms. The zero-order chi connectivity index (χ0) is 18.1. The summed E-state index contributed by atoms with van der Waals surface area (Å²) in [6.45, 7) is 2.69. The first kappa shape index (κ1) is 22.8. The molecule has 135 valence electrons. The molecule has 3 rings (SSSR count). The van der Waals surface area contributed by atoms with Crippen molar-refractivity contribution in [3.05, 3.63) is 59.5 Å². The van der Waals surface area contributed by atoms with E-state index in [1.54, 1.807) is 24.9 Å². The second-order valence-electron chi connectivity index (χ2n) is 5.03. The first-order valence-electron chi connectivity index (χ1n) is 7.76. The predicted molar refractivity (Wildman–Crippen MR) is 103 cm³/mol. The van der Waals surface area contributed by atoms with Crippen LogP contribution >= 0.6 is 11.8 Å². The number of pyridine rings is 2. The van der Waals surface area contributed by atoms with E-state index in [9.17, 15) is 0 Å². The van der Waals surface area contributed by atoms with Gasteiger partial charge in [0.05, 0.1) is 17.1 Å². The van der Waals surface area contributed by atoms with Crippen molar-refractivity contribution in [2.45, 2.75) is 18.5 Å².